The number of nitrogens with zero attached hydrogens (tertiary/aromatic N) is 2. The second-order valence-corrected chi connectivity index (χ2v) is 8.77. The van der Waals surface area contributed by atoms with Crippen molar-refractivity contribution in [3.63, 3.8) is 0 Å². The molecule has 182 valence electrons. The molecule has 0 aliphatic carbocycles. The van der Waals surface area contributed by atoms with Crippen LogP contribution in [0.5, 0.6) is 5.75 Å². The molecule has 0 spiro atoms. The number of hydrogen-bond donors (Lipinski definition) is 1. The van der Waals surface area contributed by atoms with Gasteiger partial charge < -0.3 is 19.7 Å². The summed E-state index contributed by atoms with van der Waals surface area (Å²) in [6.45, 7) is 1.03. The number of aldehydes is 1. The predicted molar refractivity (Wildman–Crippen MR) is 134 cm³/mol. The number of benzene rings is 2. The number of fused-ring (bicyclic) bond motifs is 2. The summed E-state index contributed by atoms with van der Waals surface area (Å²) in [4.78, 5) is 42.3. The van der Waals surface area contributed by atoms with Crippen LogP contribution in [-0.2, 0) is 22.6 Å². The van der Waals surface area contributed by atoms with Crippen LogP contribution in [0.4, 0.5) is 0 Å². The lowest BCUT2D eigenvalue weighted by atomic mass is 9.98. The number of ether oxygens (including phenoxy) is 1. The maximum Gasteiger partial charge on any atom is 0.255 e. The van der Waals surface area contributed by atoms with E-state index >= 15 is 0 Å². The van der Waals surface area contributed by atoms with Crippen LogP contribution in [0.15, 0.2) is 54.7 Å². The fourth-order valence-electron chi connectivity index (χ4n) is 4.64. The second kappa shape index (κ2) is 11.6. The average Bonchev–Trinajstić information content (AvgIpc) is 3.22. The number of carbonyl (C=O) groups excluding carboxylic acids is 3. The Bertz CT molecular complexity index is 1210. The second-order valence-electron chi connectivity index (χ2n) is 8.77. The minimum absolute atomic E-state index is 0.140. The zero-order chi connectivity index (χ0) is 24.6. The number of rotatable bonds is 12. The Kier molecular flexibility index (Phi) is 8.08. The van der Waals surface area contributed by atoms with Gasteiger partial charge in [-0.25, -0.2) is 0 Å². The molecule has 1 aliphatic heterocycles. The van der Waals surface area contributed by atoms with Crippen LogP contribution in [0.3, 0.4) is 0 Å². The van der Waals surface area contributed by atoms with Crippen molar-refractivity contribution in [3.8, 4) is 5.75 Å². The van der Waals surface area contributed by atoms with Crippen molar-refractivity contribution in [2.75, 3.05) is 13.7 Å². The van der Waals surface area contributed by atoms with E-state index in [1.165, 1.54) is 0 Å². The van der Waals surface area contributed by atoms with Gasteiger partial charge in [-0.3, -0.25) is 14.6 Å². The highest BCUT2D eigenvalue weighted by Gasteiger charge is 2.36. The van der Waals surface area contributed by atoms with Crippen LogP contribution in [0.2, 0.25) is 0 Å². The van der Waals surface area contributed by atoms with Gasteiger partial charge in [0.25, 0.3) is 5.91 Å². The van der Waals surface area contributed by atoms with E-state index in [0.717, 1.165) is 59.7 Å². The average molecular weight is 474 g/mol. The highest BCUT2D eigenvalue weighted by Crippen LogP contribution is 2.30. The van der Waals surface area contributed by atoms with Crippen LogP contribution in [-0.4, -0.2) is 47.7 Å². The quantitative estimate of drug-likeness (QED) is 0.316. The molecule has 7 heteroatoms. The molecule has 4 rings (SSSR count). The van der Waals surface area contributed by atoms with Gasteiger partial charge in [-0.15, -0.1) is 0 Å². The highest BCUT2D eigenvalue weighted by molar-refractivity contribution is 6.01. The summed E-state index contributed by atoms with van der Waals surface area (Å²) in [6.07, 6.45) is 6.89. The van der Waals surface area contributed by atoms with E-state index in [2.05, 4.69) is 16.4 Å². The zero-order valence-electron chi connectivity index (χ0n) is 20.0. The lowest BCUT2D eigenvalue weighted by Crippen LogP contribution is -2.46. The summed E-state index contributed by atoms with van der Waals surface area (Å²) in [5, 5.41) is 3.69. The summed E-state index contributed by atoms with van der Waals surface area (Å²) >= 11 is 0. The van der Waals surface area contributed by atoms with Gasteiger partial charge in [0.05, 0.1) is 18.3 Å². The van der Waals surface area contributed by atoms with Gasteiger partial charge in [0.1, 0.15) is 18.1 Å². The maximum atomic E-state index is 13.0. The molecule has 7 nitrogen and oxygen atoms in total. The minimum Gasteiger partial charge on any atom is -0.492 e. The van der Waals surface area contributed by atoms with E-state index in [1.54, 1.807) is 18.1 Å². The molecular formula is C28H31N3O4. The minimum atomic E-state index is -0.639. The third-order valence-corrected chi connectivity index (χ3v) is 6.50. The van der Waals surface area contributed by atoms with Crippen molar-refractivity contribution in [2.45, 2.75) is 51.1 Å². The molecule has 1 N–H and O–H groups in total. The van der Waals surface area contributed by atoms with Gasteiger partial charge in [-0.1, -0.05) is 30.3 Å². The Balaban J connectivity index is 1.29. The van der Waals surface area contributed by atoms with E-state index < -0.39 is 6.04 Å². The van der Waals surface area contributed by atoms with E-state index in [9.17, 15) is 14.4 Å². The Labute approximate surface area is 205 Å². The van der Waals surface area contributed by atoms with Gasteiger partial charge in [0.15, 0.2) is 0 Å². The standard InChI is InChI=1S/C28H31N3O4/c1-29-27(33)26(14-8-15-32)31-19-24-20(11-7-12-23(24)28(31)34)9-3-2-6-16-35-22-17-21-10-4-5-13-25(21)30-18-22/h4-5,7,10-13,15,17-18,26H,2-3,6,8-9,14,16,19H2,1H3,(H,29,33). The molecule has 0 radical (unpaired) electrons. The number of amides is 2. The number of unbranched alkanes of at least 4 members (excludes halogenated alkanes) is 2. The Morgan fingerprint density at radius 3 is 2.86 bits per heavy atom. The summed E-state index contributed by atoms with van der Waals surface area (Å²) in [5.74, 6) is 0.401. The first-order chi connectivity index (χ1) is 17.1. The molecule has 0 fully saturated rings. The SMILES string of the molecule is CNC(=O)C(CCC=O)N1Cc2c(CCCCCOc3cnc4ccccc4c3)cccc2C1=O. The van der Waals surface area contributed by atoms with Crippen LogP contribution in [0.25, 0.3) is 10.9 Å². The molecule has 0 saturated heterocycles. The molecule has 1 aromatic heterocycles. The van der Waals surface area contributed by atoms with E-state index in [-0.39, 0.29) is 18.2 Å². The number of aromatic nitrogens is 1. The number of likely N-dealkylation sites (N-methyl/N-ethyl adjacent to an activating group) is 1. The molecule has 1 atom stereocenters. The van der Waals surface area contributed by atoms with E-state index in [1.807, 2.05) is 42.5 Å². The number of carbonyl (C=O) groups is 3. The molecule has 2 aromatic carbocycles. The fourth-order valence-corrected chi connectivity index (χ4v) is 4.64. The van der Waals surface area contributed by atoms with E-state index in [0.29, 0.717) is 25.1 Å². The Hall–Kier alpha value is -3.74. The number of aryl methyl sites for hydroxylation is 1. The molecule has 2 heterocycles. The van der Waals surface area contributed by atoms with Crippen LogP contribution in [0.1, 0.15) is 53.6 Å². The fraction of sp³-hybridized carbons (Fsp3) is 0.357. The van der Waals surface area contributed by atoms with Gasteiger partial charge in [0, 0.05) is 31.0 Å². The van der Waals surface area contributed by atoms with E-state index in [4.69, 9.17) is 4.74 Å². The molecule has 3 aromatic rings. The molecule has 0 saturated carbocycles. The van der Waals surface area contributed by atoms with Crippen molar-refractivity contribution < 1.29 is 19.1 Å². The van der Waals surface area contributed by atoms with Crippen LogP contribution < -0.4 is 10.1 Å². The van der Waals surface area contributed by atoms with Gasteiger partial charge >= 0.3 is 0 Å². The lowest BCUT2D eigenvalue weighted by Gasteiger charge is -2.25. The summed E-state index contributed by atoms with van der Waals surface area (Å²) in [5.41, 5.74) is 3.76. The first kappa shape index (κ1) is 24.4. The Morgan fingerprint density at radius 2 is 2.03 bits per heavy atom. The first-order valence-corrected chi connectivity index (χ1v) is 12.2. The monoisotopic (exact) mass is 473 g/mol. The van der Waals surface area contributed by atoms with Crippen molar-refractivity contribution in [2.24, 2.45) is 0 Å². The molecular weight excluding hydrogens is 442 g/mol. The topological polar surface area (TPSA) is 88.6 Å². The molecule has 1 unspecified atom stereocenters. The molecule has 1 aliphatic rings. The summed E-state index contributed by atoms with van der Waals surface area (Å²) < 4.78 is 5.88. The van der Waals surface area contributed by atoms with Crippen molar-refractivity contribution in [3.05, 3.63) is 71.4 Å². The zero-order valence-corrected chi connectivity index (χ0v) is 20.0. The van der Waals surface area contributed by atoms with Gasteiger partial charge in [-0.05, 0) is 61.4 Å². The first-order valence-electron chi connectivity index (χ1n) is 12.2. The number of nitrogens with one attached hydrogen (secondary N) is 1. The van der Waals surface area contributed by atoms with Crippen molar-refractivity contribution in [1.82, 2.24) is 15.2 Å². The van der Waals surface area contributed by atoms with Crippen molar-refractivity contribution in [1.29, 1.82) is 0 Å². The normalized spacial score (nSPS) is 13.5. The molecule has 2 amide bonds. The highest BCUT2D eigenvalue weighted by atomic mass is 16.5. The maximum absolute atomic E-state index is 13.0. The predicted octanol–water partition coefficient (Wildman–Crippen LogP) is 4.08. The number of para-hydroxylation sites is 1. The van der Waals surface area contributed by atoms with Crippen LogP contribution >= 0.6 is 0 Å². The lowest BCUT2D eigenvalue weighted by molar-refractivity contribution is -0.125. The van der Waals surface area contributed by atoms with Gasteiger partial charge in [-0.2, -0.15) is 0 Å². The molecule has 35 heavy (non-hydrogen) atoms. The molecule has 0 bridgehead atoms. The van der Waals surface area contributed by atoms with Crippen LogP contribution in [0, 0.1) is 0 Å². The number of pyridine rings is 1. The summed E-state index contributed by atoms with van der Waals surface area (Å²) in [6, 6.07) is 15.1. The number of hydrogen-bond acceptors (Lipinski definition) is 5. The third-order valence-electron chi connectivity index (χ3n) is 6.50. The smallest absolute Gasteiger partial charge is 0.255 e. The van der Waals surface area contributed by atoms with Gasteiger partial charge in [0.2, 0.25) is 5.91 Å². The Morgan fingerprint density at radius 1 is 1.17 bits per heavy atom. The third kappa shape index (κ3) is 5.67. The van der Waals surface area contributed by atoms with Crippen molar-refractivity contribution >= 4 is 29.0 Å². The summed E-state index contributed by atoms with van der Waals surface area (Å²) in [7, 11) is 1.55. The largest absolute Gasteiger partial charge is 0.492 e.